The van der Waals surface area contributed by atoms with Gasteiger partial charge in [0.05, 0.1) is 18.0 Å². The highest BCUT2D eigenvalue weighted by Crippen LogP contribution is 2.27. The van der Waals surface area contributed by atoms with Crippen LogP contribution in [0.4, 0.5) is 4.39 Å². The van der Waals surface area contributed by atoms with Gasteiger partial charge in [-0.05, 0) is 47.3 Å². The van der Waals surface area contributed by atoms with Crippen molar-refractivity contribution >= 4 is 27.3 Å². The van der Waals surface area contributed by atoms with E-state index in [2.05, 4.69) is 5.32 Å². The van der Waals surface area contributed by atoms with Crippen LogP contribution in [0, 0.1) is 5.82 Å². The van der Waals surface area contributed by atoms with E-state index in [1.807, 2.05) is 17.5 Å². The van der Waals surface area contributed by atoms with E-state index in [1.54, 1.807) is 12.1 Å². The fourth-order valence-electron chi connectivity index (χ4n) is 2.69. The Morgan fingerprint density at radius 2 is 1.86 bits per heavy atom. The number of halogens is 1. The minimum atomic E-state index is -3.88. The number of benzene rings is 2. The predicted octanol–water partition coefficient (Wildman–Crippen LogP) is 3.59. The van der Waals surface area contributed by atoms with Crippen molar-refractivity contribution in [1.29, 1.82) is 0 Å². The average molecular weight is 435 g/mol. The molecule has 1 aromatic heterocycles. The van der Waals surface area contributed by atoms with Crippen LogP contribution in [-0.2, 0) is 14.9 Å². The van der Waals surface area contributed by atoms with Gasteiger partial charge in [0.15, 0.2) is 0 Å². The van der Waals surface area contributed by atoms with E-state index in [0.717, 1.165) is 9.35 Å². The molecule has 6 nitrogen and oxygen atoms in total. The largest absolute Gasteiger partial charge is 0.340 e. The molecule has 0 aliphatic rings. The molecule has 0 aliphatic carbocycles. The van der Waals surface area contributed by atoms with Crippen molar-refractivity contribution in [2.75, 3.05) is 14.2 Å². The van der Waals surface area contributed by atoms with Crippen LogP contribution < -0.4 is 5.32 Å². The number of hydroxylamine groups is 1. The SMILES string of the molecule is CON(C)S(=O)(=O)c1cccc(C(=O)NC(c2ccc(F)cc2)c2cccs2)c1. The Balaban J connectivity index is 1.91. The van der Waals surface area contributed by atoms with Gasteiger partial charge in [-0.2, -0.15) is 0 Å². The third kappa shape index (κ3) is 4.70. The minimum Gasteiger partial charge on any atom is -0.340 e. The van der Waals surface area contributed by atoms with Crippen molar-refractivity contribution in [3.63, 3.8) is 0 Å². The molecule has 1 atom stereocenters. The molecule has 0 radical (unpaired) electrons. The fraction of sp³-hybridized carbons (Fsp3) is 0.150. The Kier molecular flexibility index (Phi) is 6.43. The second-order valence-corrected chi connectivity index (χ2v) is 9.01. The summed E-state index contributed by atoms with van der Waals surface area (Å²) in [5.41, 5.74) is 0.893. The van der Waals surface area contributed by atoms with Crippen LogP contribution in [0.5, 0.6) is 0 Å². The summed E-state index contributed by atoms with van der Waals surface area (Å²) in [5, 5.41) is 4.78. The number of carbonyl (C=O) groups is 1. The molecular formula is C20H19FN2O4S2. The lowest BCUT2D eigenvalue weighted by Crippen LogP contribution is -2.29. The molecular weight excluding hydrogens is 415 g/mol. The van der Waals surface area contributed by atoms with E-state index < -0.39 is 22.0 Å². The van der Waals surface area contributed by atoms with Crippen molar-refractivity contribution in [3.8, 4) is 0 Å². The molecule has 0 saturated heterocycles. The van der Waals surface area contributed by atoms with Crippen LogP contribution in [0.1, 0.15) is 26.8 Å². The maximum atomic E-state index is 13.3. The van der Waals surface area contributed by atoms with Gasteiger partial charge in [0.2, 0.25) is 0 Å². The first-order valence-electron chi connectivity index (χ1n) is 8.56. The number of amides is 1. The van der Waals surface area contributed by atoms with E-state index in [9.17, 15) is 17.6 Å². The Bertz CT molecular complexity index is 1080. The Labute approximate surface area is 172 Å². The van der Waals surface area contributed by atoms with Crippen LogP contribution in [0.15, 0.2) is 70.9 Å². The molecule has 152 valence electrons. The lowest BCUT2D eigenvalue weighted by atomic mass is 10.0. The molecule has 9 heteroatoms. The van der Waals surface area contributed by atoms with E-state index in [1.165, 1.54) is 61.9 Å². The maximum Gasteiger partial charge on any atom is 0.264 e. The quantitative estimate of drug-likeness (QED) is 0.577. The topological polar surface area (TPSA) is 75.7 Å². The summed E-state index contributed by atoms with van der Waals surface area (Å²) in [6, 6.07) is 14.8. The molecule has 1 N–H and O–H groups in total. The Hall–Kier alpha value is -2.59. The first-order chi connectivity index (χ1) is 13.8. The predicted molar refractivity (Wildman–Crippen MR) is 108 cm³/mol. The highest BCUT2D eigenvalue weighted by molar-refractivity contribution is 7.89. The number of thiophene rings is 1. The number of carbonyl (C=O) groups excluding carboxylic acids is 1. The molecule has 0 saturated carbocycles. The van der Waals surface area contributed by atoms with Gasteiger partial charge >= 0.3 is 0 Å². The maximum absolute atomic E-state index is 13.3. The molecule has 29 heavy (non-hydrogen) atoms. The zero-order chi connectivity index (χ0) is 21.0. The first-order valence-corrected chi connectivity index (χ1v) is 10.9. The normalized spacial score (nSPS) is 12.7. The third-order valence-electron chi connectivity index (χ3n) is 4.30. The number of rotatable bonds is 7. The molecule has 1 heterocycles. The van der Waals surface area contributed by atoms with Gasteiger partial charge in [0.25, 0.3) is 15.9 Å². The molecule has 0 bridgehead atoms. The van der Waals surface area contributed by atoms with Crippen molar-refractivity contribution < 1.29 is 22.4 Å². The van der Waals surface area contributed by atoms with Crippen molar-refractivity contribution in [3.05, 3.63) is 87.9 Å². The molecule has 1 amide bonds. The number of hydrogen-bond donors (Lipinski definition) is 1. The second-order valence-electron chi connectivity index (χ2n) is 6.10. The molecule has 0 fully saturated rings. The highest BCUT2D eigenvalue weighted by Gasteiger charge is 2.23. The van der Waals surface area contributed by atoms with Gasteiger partial charge < -0.3 is 5.32 Å². The zero-order valence-electron chi connectivity index (χ0n) is 15.7. The molecule has 2 aromatic carbocycles. The van der Waals surface area contributed by atoms with Crippen molar-refractivity contribution in [1.82, 2.24) is 9.79 Å². The lowest BCUT2D eigenvalue weighted by molar-refractivity contribution is -0.0258. The van der Waals surface area contributed by atoms with Gasteiger partial charge in [-0.3, -0.25) is 9.63 Å². The molecule has 3 aromatic rings. The first kappa shape index (κ1) is 21.1. The van der Waals surface area contributed by atoms with Crippen LogP contribution in [-0.4, -0.2) is 33.0 Å². The Morgan fingerprint density at radius 1 is 1.14 bits per heavy atom. The van der Waals surface area contributed by atoms with Crippen LogP contribution >= 0.6 is 11.3 Å². The van der Waals surface area contributed by atoms with Crippen LogP contribution in [0.25, 0.3) is 0 Å². The van der Waals surface area contributed by atoms with Gasteiger partial charge in [-0.25, -0.2) is 12.8 Å². The summed E-state index contributed by atoms with van der Waals surface area (Å²) in [7, 11) is -1.38. The summed E-state index contributed by atoms with van der Waals surface area (Å²) in [4.78, 5) is 18.5. The summed E-state index contributed by atoms with van der Waals surface area (Å²) in [5.74, 6) is -0.824. The minimum absolute atomic E-state index is 0.0658. The fourth-order valence-corrected chi connectivity index (χ4v) is 4.51. The lowest BCUT2D eigenvalue weighted by Gasteiger charge is -2.19. The van der Waals surface area contributed by atoms with E-state index in [-0.39, 0.29) is 16.3 Å². The van der Waals surface area contributed by atoms with E-state index in [4.69, 9.17) is 4.84 Å². The van der Waals surface area contributed by atoms with Gasteiger partial charge in [0.1, 0.15) is 5.82 Å². The number of nitrogens with one attached hydrogen (secondary N) is 1. The smallest absolute Gasteiger partial charge is 0.264 e. The Morgan fingerprint density at radius 3 is 2.48 bits per heavy atom. The van der Waals surface area contributed by atoms with Gasteiger partial charge in [-0.1, -0.05) is 28.7 Å². The summed E-state index contributed by atoms with van der Waals surface area (Å²) in [6.07, 6.45) is 0. The van der Waals surface area contributed by atoms with Crippen LogP contribution in [0.2, 0.25) is 0 Å². The monoisotopic (exact) mass is 434 g/mol. The molecule has 3 rings (SSSR count). The third-order valence-corrected chi connectivity index (χ3v) is 6.91. The number of sulfonamides is 1. The highest BCUT2D eigenvalue weighted by atomic mass is 32.2. The van der Waals surface area contributed by atoms with E-state index in [0.29, 0.717) is 5.56 Å². The summed E-state index contributed by atoms with van der Waals surface area (Å²) in [6.45, 7) is 0. The summed E-state index contributed by atoms with van der Waals surface area (Å²) >= 11 is 1.45. The summed E-state index contributed by atoms with van der Waals surface area (Å²) < 4.78 is 38.9. The van der Waals surface area contributed by atoms with Crippen molar-refractivity contribution in [2.45, 2.75) is 10.9 Å². The van der Waals surface area contributed by atoms with Gasteiger partial charge in [0, 0.05) is 17.5 Å². The average Bonchev–Trinajstić information content (AvgIpc) is 3.26. The van der Waals surface area contributed by atoms with E-state index >= 15 is 0 Å². The molecule has 0 aliphatic heterocycles. The molecule has 1 unspecified atom stereocenters. The van der Waals surface area contributed by atoms with Gasteiger partial charge in [-0.15, -0.1) is 11.3 Å². The second kappa shape index (κ2) is 8.83. The standard InChI is InChI=1S/C20H19FN2O4S2/c1-23(27-2)29(25,26)17-6-3-5-15(13-17)20(24)22-19(18-7-4-12-28-18)14-8-10-16(21)11-9-14/h3-13,19H,1-2H3,(H,22,24). The van der Waals surface area contributed by atoms with Crippen molar-refractivity contribution in [2.24, 2.45) is 0 Å². The number of hydrogen-bond acceptors (Lipinski definition) is 5. The van der Waals surface area contributed by atoms with Crippen LogP contribution in [0.3, 0.4) is 0 Å². The number of nitrogens with zero attached hydrogens (tertiary/aromatic N) is 1. The zero-order valence-corrected chi connectivity index (χ0v) is 17.3. The molecule has 0 spiro atoms.